The van der Waals surface area contributed by atoms with Gasteiger partial charge < -0.3 is 4.84 Å². The first kappa shape index (κ1) is 11.3. The van der Waals surface area contributed by atoms with Crippen molar-refractivity contribution in [3.8, 4) is 0 Å². The molecule has 1 aliphatic rings. The van der Waals surface area contributed by atoms with Gasteiger partial charge >= 0.3 is 0 Å². The summed E-state index contributed by atoms with van der Waals surface area (Å²) in [5.41, 5.74) is 2.68. The molecule has 0 bridgehead atoms. The van der Waals surface area contributed by atoms with E-state index in [0.717, 1.165) is 26.1 Å². The number of rotatable bonds is 4. The fourth-order valence-corrected chi connectivity index (χ4v) is 1.98. The largest absolute Gasteiger partial charge is 0.300 e. The molecule has 0 saturated carbocycles. The Balaban J connectivity index is 1.86. The zero-order valence-electron chi connectivity index (χ0n) is 9.43. The summed E-state index contributed by atoms with van der Waals surface area (Å²) < 4.78 is 0. The van der Waals surface area contributed by atoms with E-state index in [4.69, 9.17) is 5.90 Å². The Morgan fingerprint density at radius 3 is 2.69 bits per heavy atom. The molecule has 2 rings (SSSR count). The van der Waals surface area contributed by atoms with Gasteiger partial charge in [-0.3, -0.25) is 4.90 Å². The molecule has 1 aliphatic heterocycles. The summed E-state index contributed by atoms with van der Waals surface area (Å²) in [6, 6.07) is 10.6. The average Bonchev–Trinajstić information content (AvgIpc) is 2.33. The fourth-order valence-electron chi connectivity index (χ4n) is 1.98. The van der Waals surface area contributed by atoms with Gasteiger partial charge in [0.05, 0.1) is 6.61 Å². The standard InChI is InChI=1S/C13H18N2O/c14-16-11-13-6-8-15(9-7-13)10-12-4-2-1-3-5-12/h1-6H,7-11,14H2. The van der Waals surface area contributed by atoms with Crippen LogP contribution in [0.2, 0.25) is 0 Å². The molecule has 0 aromatic heterocycles. The topological polar surface area (TPSA) is 38.5 Å². The second kappa shape index (κ2) is 5.80. The second-order valence-corrected chi connectivity index (χ2v) is 4.14. The molecule has 1 heterocycles. The summed E-state index contributed by atoms with van der Waals surface area (Å²) in [5, 5.41) is 0. The van der Waals surface area contributed by atoms with Crippen LogP contribution in [-0.4, -0.2) is 24.6 Å². The van der Waals surface area contributed by atoms with Crippen molar-refractivity contribution < 1.29 is 4.84 Å². The van der Waals surface area contributed by atoms with E-state index in [1.54, 1.807) is 0 Å². The zero-order chi connectivity index (χ0) is 11.2. The summed E-state index contributed by atoms with van der Waals surface area (Å²) >= 11 is 0. The smallest absolute Gasteiger partial charge is 0.0891 e. The van der Waals surface area contributed by atoms with Crippen molar-refractivity contribution in [2.24, 2.45) is 5.90 Å². The van der Waals surface area contributed by atoms with Gasteiger partial charge in [0.15, 0.2) is 0 Å². The molecule has 1 aromatic carbocycles. The van der Waals surface area contributed by atoms with Gasteiger partial charge in [-0.05, 0) is 17.6 Å². The molecule has 0 radical (unpaired) electrons. The SMILES string of the molecule is NOCC1=CCN(Cc2ccccc2)CC1. The summed E-state index contributed by atoms with van der Waals surface area (Å²) in [4.78, 5) is 7.07. The number of hydrogen-bond acceptors (Lipinski definition) is 3. The van der Waals surface area contributed by atoms with Crippen LogP contribution in [0.3, 0.4) is 0 Å². The summed E-state index contributed by atoms with van der Waals surface area (Å²) in [7, 11) is 0. The number of nitrogens with zero attached hydrogens (tertiary/aromatic N) is 1. The third kappa shape index (κ3) is 3.17. The maximum absolute atomic E-state index is 5.06. The molecule has 1 aromatic rings. The van der Waals surface area contributed by atoms with Crippen LogP contribution in [0, 0.1) is 0 Å². The van der Waals surface area contributed by atoms with Crippen molar-refractivity contribution in [1.29, 1.82) is 0 Å². The van der Waals surface area contributed by atoms with E-state index >= 15 is 0 Å². The van der Waals surface area contributed by atoms with E-state index in [9.17, 15) is 0 Å². The lowest BCUT2D eigenvalue weighted by Gasteiger charge is -2.26. The summed E-state index contributed by atoms with van der Waals surface area (Å²) in [6.45, 7) is 3.67. The normalized spacial score (nSPS) is 17.2. The Kier molecular flexibility index (Phi) is 4.10. The molecule has 0 unspecified atom stereocenters. The van der Waals surface area contributed by atoms with Crippen LogP contribution in [-0.2, 0) is 11.4 Å². The van der Waals surface area contributed by atoms with Crippen molar-refractivity contribution in [3.63, 3.8) is 0 Å². The van der Waals surface area contributed by atoms with Crippen LogP contribution in [0.15, 0.2) is 42.0 Å². The Hall–Kier alpha value is -1.16. The van der Waals surface area contributed by atoms with E-state index in [-0.39, 0.29) is 0 Å². The monoisotopic (exact) mass is 218 g/mol. The van der Waals surface area contributed by atoms with E-state index in [0.29, 0.717) is 6.61 Å². The third-order valence-electron chi connectivity index (χ3n) is 2.91. The van der Waals surface area contributed by atoms with Gasteiger partial charge in [0, 0.05) is 19.6 Å². The van der Waals surface area contributed by atoms with E-state index in [2.05, 4.69) is 46.1 Å². The molecular weight excluding hydrogens is 200 g/mol. The Morgan fingerprint density at radius 1 is 1.25 bits per heavy atom. The zero-order valence-corrected chi connectivity index (χ0v) is 9.43. The Bertz CT molecular complexity index is 348. The maximum atomic E-state index is 5.06. The van der Waals surface area contributed by atoms with Crippen LogP contribution in [0.1, 0.15) is 12.0 Å². The Morgan fingerprint density at radius 2 is 2.06 bits per heavy atom. The predicted molar refractivity (Wildman–Crippen MR) is 64.6 cm³/mol. The predicted octanol–water partition coefficient (Wildman–Crippen LogP) is 1.71. The summed E-state index contributed by atoms with van der Waals surface area (Å²) in [5.74, 6) is 5.06. The van der Waals surface area contributed by atoms with Gasteiger partial charge in [0.2, 0.25) is 0 Å². The number of hydrogen-bond donors (Lipinski definition) is 1. The average molecular weight is 218 g/mol. The lowest BCUT2D eigenvalue weighted by molar-refractivity contribution is 0.153. The Labute approximate surface area is 96.5 Å². The van der Waals surface area contributed by atoms with Gasteiger partial charge in [0.25, 0.3) is 0 Å². The number of benzene rings is 1. The first-order chi connectivity index (χ1) is 7.88. The molecule has 0 spiro atoms. The van der Waals surface area contributed by atoms with E-state index in [1.807, 2.05) is 0 Å². The first-order valence-corrected chi connectivity index (χ1v) is 5.64. The molecule has 0 aliphatic carbocycles. The van der Waals surface area contributed by atoms with Gasteiger partial charge in [-0.25, -0.2) is 5.90 Å². The molecule has 0 atom stereocenters. The highest BCUT2D eigenvalue weighted by Crippen LogP contribution is 2.13. The quantitative estimate of drug-likeness (QED) is 0.617. The van der Waals surface area contributed by atoms with Crippen LogP contribution in [0.5, 0.6) is 0 Å². The maximum Gasteiger partial charge on any atom is 0.0891 e. The van der Waals surface area contributed by atoms with Crippen molar-refractivity contribution in [2.75, 3.05) is 19.7 Å². The molecule has 16 heavy (non-hydrogen) atoms. The van der Waals surface area contributed by atoms with Crippen LogP contribution in [0.4, 0.5) is 0 Å². The minimum absolute atomic E-state index is 0.569. The van der Waals surface area contributed by atoms with Gasteiger partial charge in [-0.1, -0.05) is 36.4 Å². The van der Waals surface area contributed by atoms with Crippen molar-refractivity contribution in [1.82, 2.24) is 4.90 Å². The van der Waals surface area contributed by atoms with Crippen LogP contribution in [0.25, 0.3) is 0 Å². The first-order valence-electron chi connectivity index (χ1n) is 5.64. The highest BCUT2D eigenvalue weighted by Gasteiger charge is 2.11. The van der Waals surface area contributed by atoms with Gasteiger partial charge in [-0.15, -0.1) is 0 Å². The van der Waals surface area contributed by atoms with E-state index < -0.39 is 0 Å². The highest BCUT2D eigenvalue weighted by molar-refractivity contribution is 5.15. The minimum atomic E-state index is 0.569. The van der Waals surface area contributed by atoms with Gasteiger partial charge in [0.1, 0.15) is 0 Å². The summed E-state index contributed by atoms with van der Waals surface area (Å²) in [6.07, 6.45) is 3.28. The lowest BCUT2D eigenvalue weighted by atomic mass is 10.1. The van der Waals surface area contributed by atoms with Crippen molar-refractivity contribution >= 4 is 0 Å². The molecule has 0 fully saturated rings. The molecule has 2 N–H and O–H groups in total. The molecule has 3 heteroatoms. The lowest BCUT2D eigenvalue weighted by Crippen LogP contribution is -2.29. The third-order valence-corrected chi connectivity index (χ3v) is 2.91. The second-order valence-electron chi connectivity index (χ2n) is 4.14. The molecule has 86 valence electrons. The van der Waals surface area contributed by atoms with Crippen molar-refractivity contribution in [2.45, 2.75) is 13.0 Å². The molecule has 0 amide bonds. The van der Waals surface area contributed by atoms with Gasteiger partial charge in [-0.2, -0.15) is 0 Å². The van der Waals surface area contributed by atoms with Crippen LogP contribution < -0.4 is 5.90 Å². The molecular formula is C13H18N2O. The highest BCUT2D eigenvalue weighted by atomic mass is 16.6. The fraction of sp³-hybridized carbons (Fsp3) is 0.385. The van der Waals surface area contributed by atoms with Crippen molar-refractivity contribution in [3.05, 3.63) is 47.5 Å². The molecule has 0 saturated heterocycles. The number of nitrogens with two attached hydrogens (primary N) is 1. The van der Waals surface area contributed by atoms with E-state index in [1.165, 1.54) is 11.1 Å². The minimum Gasteiger partial charge on any atom is -0.300 e. The van der Waals surface area contributed by atoms with Crippen LogP contribution >= 0.6 is 0 Å². The molecule has 3 nitrogen and oxygen atoms in total.